The van der Waals surface area contributed by atoms with E-state index in [1.54, 1.807) is 4.31 Å². The van der Waals surface area contributed by atoms with E-state index < -0.39 is 15.4 Å². The van der Waals surface area contributed by atoms with Crippen molar-refractivity contribution in [3.63, 3.8) is 0 Å². The number of hydrogen-bond acceptors (Lipinski definition) is 3. The van der Waals surface area contributed by atoms with Crippen LogP contribution < -0.4 is 0 Å². The van der Waals surface area contributed by atoms with Gasteiger partial charge in [0.25, 0.3) is 0 Å². The maximum absolute atomic E-state index is 13.2. The van der Waals surface area contributed by atoms with Gasteiger partial charge >= 0.3 is 0 Å². The minimum Gasteiger partial charge on any atom is -0.342 e. The largest absolute Gasteiger partial charge is 0.342 e. The van der Waals surface area contributed by atoms with Gasteiger partial charge in [-0.1, -0.05) is 39.0 Å². The van der Waals surface area contributed by atoms with Crippen LogP contribution in [0.25, 0.3) is 0 Å². The van der Waals surface area contributed by atoms with Crippen LogP contribution in [-0.2, 0) is 14.8 Å². The van der Waals surface area contributed by atoms with E-state index >= 15 is 0 Å². The Morgan fingerprint density at radius 1 is 1.08 bits per heavy atom. The number of piperidine rings is 1. The van der Waals surface area contributed by atoms with Crippen molar-refractivity contribution in [3.05, 3.63) is 0 Å². The summed E-state index contributed by atoms with van der Waals surface area (Å²) in [5.74, 6) is 1.20. The second kappa shape index (κ2) is 7.95. The van der Waals surface area contributed by atoms with Crippen molar-refractivity contribution in [1.82, 2.24) is 9.21 Å². The van der Waals surface area contributed by atoms with Gasteiger partial charge in [0.2, 0.25) is 15.9 Å². The molecule has 0 aromatic rings. The number of likely N-dealkylation sites (tertiary alicyclic amines) is 1. The van der Waals surface area contributed by atoms with Crippen LogP contribution in [0, 0.1) is 11.3 Å². The molecule has 2 heterocycles. The highest BCUT2D eigenvalue weighted by molar-refractivity contribution is 7.89. The molecule has 0 radical (unpaired) electrons. The topological polar surface area (TPSA) is 57.7 Å². The van der Waals surface area contributed by atoms with E-state index in [0.29, 0.717) is 25.9 Å². The molecule has 3 fully saturated rings. The van der Waals surface area contributed by atoms with Crippen LogP contribution in [-0.4, -0.2) is 55.5 Å². The average molecular weight is 371 g/mol. The van der Waals surface area contributed by atoms with Crippen molar-refractivity contribution < 1.29 is 13.2 Å². The standard InChI is InChI=1S/C19H34N2O3S/c1-2-15-25(23,24)21-14-11-19(16-21)10-6-12-20(18(19)22)13-9-17-7-4-3-5-8-17/h17H,2-16H2,1H3. The van der Waals surface area contributed by atoms with Gasteiger partial charge < -0.3 is 4.90 Å². The van der Waals surface area contributed by atoms with E-state index in [-0.39, 0.29) is 11.7 Å². The van der Waals surface area contributed by atoms with Gasteiger partial charge in [0.1, 0.15) is 0 Å². The Hall–Kier alpha value is -0.620. The summed E-state index contributed by atoms with van der Waals surface area (Å²) < 4.78 is 26.3. The van der Waals surface area contributed by atoms with Gasteiger partial charge in [0.05, 0.1) is 11.2 Å². The Kier molecular flexibility index (Phi) is 6.09. The minimum absolute atomic E-state index is 0.197. The molecule has 3 aliphatic rings. The van der Waals surface area contributed by atoms with Crippen LogP contribution in [0.4, 0.5) is 0 Å². The molecule has 1 aliphatic carbocycles. The molecule has 1 amide bonds. The first-order chi connectivity index (χ1) is 12.0. The Bertz CT molecular complexity index is 571. The molecule has 5 nitrogen and oxygen atoms in total. The lowest BCUT2D eigenvalue weighted by Crippen LogP contribution is -2.50. The zero-order chi connectivity index (χ0) is 17.9. The molecule has 1 saturated carbocycles. The molecule has 0 aromatic carbocycles. The molecule has 3 rings (SSSR count). The lowest BCUT2D eigenvalue weighted by atomic mass is 9.78. The Morgan fingerprint density at radius 3 is 2.56 bits per heavy atom. The van der Waals surface area contributed by atoms with Crippen LogP contribution in [0.3, 0.4) is 0 Å². The first-order valence-electron chi connectivity index (χ1n) is 10.2. The first-order valence-corrected chi connectivity index (χ1v) is 11.8. The molecule has 6 heteroatoms. The van der Waals surface area contributed by atoms with Gasteiger partial charge in [0.15, 0.2) is 0 Å². The molecule has 144 valence electrons. The van der Waals surface area contributed by atoms with Crippen LogP contribution >= 0.6 is 0 Å². The van der Waals surface area contributed by atoms with Gasteiger partial charge in [-0.2, -0.15) is 0 Å². The maximum atomic E-state index is 13.2. The van der Waals surface area contributed by atoms with E-state index in [1.165, 1.54) is 32.1 Å². The monoisotopic (exact) mass is 370 g/mol. The first kappa shape index (κ1) is 19.2. The van der Waals surface area contributed by atoms with Crippen molar-refractivity contribution in [2.45, 2.75) is 71.1 Å². The number of amides is 1. The normalized spacial score (nSPS) is 29.6. The minimum atomic E-state index is -3.19. The number of hydrogen-bond donors (Lipinski definition) is 0. The Morgan fingerprint density at radius 2 is 1.84 bits per heavy atom. The predicted molar refractivity (Wildman–Crippen MR) is 99.7 cm³/mol. The second-order valence-electron chi connectivity index (χ2n) is 8.37. The smallest absolute Gasteiger partial charge is 0.230 e. The summed E-state index contributed by atoms with van der Waals surface area (Å²) >= 11 is 0. The lowest BCUT2D eigenvalue weighted by molar-refractivity contribution is -0.145. The van der Waals surface area contributed by atoms with Crippen LogP contribution in [0.1, 0.15) is 71.1 Å². The summed E-state index contributed by atoms with van der Waals surface area (Å²) in [5, 5.41) is 0. The number of sulfonamides is 1. The summed E-state index contributed by atoms with van der Waals surface area (Å²) in [6, 6.07) is 0. The molecule has 1 spiro atoms. The zero-order valence-electron chi connectivity index (χ0n) is 15.7. The van der Waals surface area contributed by atoms with Crippen molar-refractivity contribution in [3.8, 4) is 0 Å². The third-order valence-electron chi connectivity index (χ3n) is 6.53. The van der Waals surface area contributed by atoms with Gasteiger partial charge in [0, 0.05) is 26.2 Å². The zero-order valence-corrected chi connectivity index (χ0v) is 16.5. The van der Waals surface area contributed by atoms with Crippen LogP contribution in [0.5, 0.6) is 0 Å². The average Bonchev–Trinajstić information content (AvgIpc) is 3.03. The van der Waals surface area contributed by atoms with Crippen molar-refractivity contribution in [2.75, 3.05) is 31.9 Å². The summed E-state index contributed by atoms with van der Waals surface area (Å²) in [6.45, 7) is 4.54. The molecule has 25 heavy (non-hydrogen) atoms. The summed E-state index contributed by atoms with van der Waals surface area (Å²) in [5.41, 5.74) is -0.439. The molecule has 2 aliphatic heterocycles. The third-order valence-corrected chi connectivity index (χ3v) is 8.55. The molecular formula is C19H34N2O3S. The molecular weight excluding hydrogens is 336 g/mol. The molecule has 1 unspecified atom stereocenters. The highest BCUT2D eigenvalue weighted by atomic mass is 32.2. The van der Waals surface area contributed by atoms with Crippen molar-refractivity contribution >= 4 is 15.9 Å². The lowest BCUT2D eigenvalue weighted by Gasteiger charge is -2.40. The van der Waals surface area contributed by atoms with Crippen LogP contribution in [0.2, 0.25) is 0 Å². The third kappa shape index (κ3) is 4.21. The molecule has 0 aromatic heterocycles. The molecule has 0 N–H and O–H groups in total. The number of carbonyl (C=O) groups is 1. The molecule has 0 bridgehead atoms. The fourth-order valence-electron chi connectivity index (χ4n) is 5.02. The predicted octanol–water partition coefficient (Wildman–Crippen LogP) is 3.01. The quantitative estimate of drug-likeness (QED) is 0.722. The van der Waals surface area contributed by atoms with E-state index in [4.69, 9.17) is 0 Å². The van der Waals surface area contributed by atoms with Crippen LogP contribution in [0.15, 0.2) is 0 Å². The summed E-state index contributed by atoms with van der Waals surface area (Å²) in [4.78, 5) is 15.2. The van der Waals surface area contributed by atoms with E-state index in [9.17, 15) is 13.2 Å². The van der Waals surface area contributed by atoms with Crippen molar-refractivity contribution in [1.29, 1.82) is 0 Å². The van der Waals surface area contributed by atoms with Gasteiger partial charge in [-0.05, 0) is 38.0 Å². The number of rotatable bonds is 6. The fourth-order valence-corrected chi connectivity index (χ4v) is 6.60. The van der Waals surface area contributed by atoms with E-state index in [2.05, 4.69) is 0 Å². The highest BCUT2D eigenvalue weighted by Gasteiger charge is 2.50. The SMILES string of the molecule is CCCS(=O)(=O)N1CCC2(CCCN(CCC3CCCCC3)C2=O)C1. The van der Waals surface area contributed by atoms with Gasteiger partial charge in [-0.25, -0.2) is 12.7 Å². The molecule has 2 saturated heterocycles. The van der Waals surface area contributed by atoms with Gasteiger partial charge in [-0.15, -0.1) is 0 Å². The maximum Gasteiger partial charge on any atom is 0.230 e. The summed E-state index contributed by atoms with van der Waals surface area (Å²) in [7, 11) is -3.19. The number of carbonyl (C=O) groups excluding carboxylic acids is 1. The van der Waals surface area contributed by atoms with E-state index in [1.807, 2.05) is 11.8 Å². The summed E-state index contributed by atoms with van der Waals surface area (Å²) in [6.07, 6.45) is 11.0. The van der Waals surface area contributed by atoms with Gasteiger partial charge in [-0.3, -0.25) is 4.79 Å². The molecule has 1 atom stereocenters. The Labute approximate surface area is 153 Å². The Balaban J connectivity index is 1.60. The number of nitrogens with zero attached hydrogens (tertiary/aromatic N) is 2. The van der Waals surface area contributed by atoms with E-state index in [0.717, 1.165) is 38.3 Å². The second-order valence-corrected chi connectivity index (χ2v) is 10.5. The highest BCUT2D eigenvalue weighted by Crippen LogP contribution is 2.41. The van der Waals surface area contributed by atoms with Crippen molar-refractivity contribution in [2.24, 2.45) is 11.3 Å². The fraction of sp³-hybridized carbons (Fsp3) is 0.947.